The van der Waals surface area contributed by atoms with Crippen LogP contribution in [0.15, 0.2) is 18.2 Å². The van der Waals surface area contributed by atoms with Gasteiger partial charge < -0.3 is 14.6 Å². The Morgan fingerprint density at radius 3 is 2.76 bits per heavy atom. The first-order valence-electron chi connectivity index (χ1n) is 5.61. The number of carbonyl (C=O) groups is 1. The summed E-state index contributed by atoms with van der Waals surface area (Å²) in [4.78, 5) is 11.2. The Labute approximate surface area is 101 Å². The summed E-state index contributed by atoms with van der Waals surface area (Å²) in [6.07, 6.45) is -0.632. The molecule has 17 heavy (non-hydrogen) atoms. The second-order valence-electron chi connectivity index (χ2n) is 3.81. The Kier molecular flexibility index (Phi) is 4.97. The third-order valence-corrected chi connectivity index (χ3v) is 2.27. The van der Waals surface area contributed by atoms with Crippen LogP contribution in [0.5, 0.6) is 5.75 Å². The summed E-state index contributed by atoms with van der Waals surface area (Å²) < 4.78 is 10.1. The van der Waals surface area contributed by atoms with Crippen molar-refractivity contribution in [1.82, 2.24) is 0 Å². The molecule has 1 aromatic carbocycles. The van der Waals surface area contributed by atoms with Gasteiger partial charge in [0.1, 0.15) is 5.75 Å². The van der Waals surface area contributed by atoms with Crippen LogP contribution >= 0.6 is 0 Å². The minimum absolute atomic E-state index is 0.142. The molecule has 0 fully saturated rings. The molecule has 0 aliphatic carbocycles. The largest absolute Gasteiger partial charge is 0.482 e. The molecule has 1 N–H and O–H groups in total. The van der Waals surface area contributed by atoms with Crippen LogP contribution in [0.1, 0.15) is 31.1 Å². The highest BCUT2D eigenvalue weighted by molar-refractivity contribution is 5.71. The van der Waals surface area contributed by atoms with Gasteiger partial charge in [-0.05, 0) is 32.4 Å². The quantitative estimate of drug-likeness (QED) is 0.797. The lowest BCUT2D eigenvalue weighted by molar-refractivity contribution is -0.145. The number of hydrogen-bond donors (Lipinski definition) is 1. The minimum Gasteiger partial charge on any atom is -0.482 e. The summed E-state index contributed by atoms with van der Waals surface area (Å²) in [5.41, 5.74) is 1.67. The monoisotopic (exact) mass is 238 g/mol. The third-order valence-electron chi connectivity index (χ3n) is 2.27. The summed E-state index contributed by atoms with van der Waals surface area (Å²) in [6.45, 7) is 5.51. The molecule has 0 saturated heterocycles. The Morgan fingerprint density at radius 2 is 2.18 bits per heavy atom. The molecule has 0 heterocycles. The lowest BCUT2D eigenvalue weighted by Gasteiger charge is -2.13. The topological polar surface area (TPSA) is 55.8 Å². The molecule has 0 amide bonds. The molecule has 0 aliphatic heterocycles. The Morgan fingerprint density at radius 1 is 1.47 bits per heavy atom. The molecule has 4 nitrogen and oxygen atoms in total. The zero-order chi connectivity index (χ0) is 12.8. The van der Waals surface area contributed by atoms with Crippen molar-refractivity contribution in [3.05, 3.63) is 29.3 Å². The van der Waals surface area contributed by atoms with Crippen LogP contribution in [-0.2, 0) is 9.53 Å². The second kappa shape index (κ2) is 6.25. The van der Waals surface area contributed by atoms with Gasteiger partial charge in [-0.15, -0.1) is 0 Å². The summed E-state index contributed by atoms with van der Waals surface area (Å²) in [6, 6.07) is 5.47. The van der Waals surface area contributed by atoms with E-state index in [9.17, 15) is 9.90 Å². The fourth-order valence-corrected chi connectivity index (χ4v) is 1.45. The predicted molar refractivity (Wildman–Crippen MR) is 63.9 cm³/mol. The van der Waals surface area contributed by atoms with Crippen molar-refractivity contribution >= 4 is 5.97 Å². The lowest BCUT2D eigenvalue weighted by Crippen LogP contribution is -2.15. The molecular formula is C13H18O4. The van der Waals surface area contributed by atoms with Gasteiger partial charge in [0.15, 0.2) is 6.61 Å². The first-order valence-corrected chi connectivity index (χ1v) is 5.61. The molecule has 94 valence electrons. The van der Waals surface area contributed by atoms with Gasteiger partial charge in [0.2, 0.25) is 0 Å². The highest BCUT2D eigenvalue weighted by atomic mass is 16.6. The number of ether oxygens (including phenoxy) is 2. The zero-order valence-corrected chi connectivity index (χ0v) is 10.4. The Balaban J connectivity index is 2.75. The zero-order valence-electron chi connectivity index (χ0n) is 10.4. The van der Waals surface area contributed by atoms with E-state index < -0.39 is 12.1 Å². The normalized spacial score (nSPS) is 12.0. The number of aryl methyl sites for hydroxylation is 1. The van der Waals surface area contributed by atoms with Crippen LogP contribution in [0.3, 0.4) is 0 Å². The van der Waals surface area contributed by atoms with E-state index in [1.807, 2.05) is 13.0 Å². The molecule has 4 heteroatoms. The number of aliphatic hydroxyl groups is 1. The molecule has 0 aromatic heterocycles. The SMILES string of the molecule is CCOC(=O)COc1cc(C)ccc1[C@@H](C)O. The summed E-state index contributed by atoms with van der Waals surface area (Å²) in [7, 11) is 0. The molecule has 1 rings (SSSR count). The molecule has 0 spiro atoms. The molecule has 1 aromatic rings. The van der Waals surface area contributed by atoms with Gasteiger partial charge in [-0.25, -0.2) is 4.79 Å². The predicted octanol–water partition coefficient (Wildman–Crippen LogP) is 1.99. The molecular weight excluding hydrogens is 220 g/mol. The van der Waals surface area contributed by atoms with Gasteiger partial charge in [0.25, 0.3) is 0 Å². The van der Waals surface area contributed by atoms with Crippen LogP contribution in [0, 0.1) is 6.92 Å². The minimum atomic E-state index is -0.632. The highest BCUT2D eigenvalue weighted by Gasteiger charge is 2.11. The standard InChI is InChI=1S/C13H18O4/c1-4-16-13(15)8-17-12-7-9(2)5-6-11(12)10(3)14/h5-7,10,14H,4,8H2,1-3H3/t10-/m1/s1. The molecule has 0 unspecified atom stereocenters. The molecule has 0 bridgehead atoms. The number of aliphatic hydroxyl groups excluding tert-OH is 1. The summed E-state index contributed by atoms with van der Waals surface area (Å²) in [5.74, 6) is 0.110. The van der Waals surface area contributed by atoms with Gasteiger partial charge in [-0.3, -0.25) is 0 Å². The van der Waals surface area contributed by atoms with Crippen molar-refractivity contribution in [2.45, 2.75) is 26.9 Å². The number of rotatable bonds is 5. The molecule has 0 saturated carbocycles. The van der Waals surface area contributed by atoms with E-state index in [4.69, 9.17) is 9.47 Å². The van der Waals surface area contributed by atoms with Crippen molar-refractivity contribution in [1.29, 1.82) is 0 Å². The maximum atomic E-state index is 11.2. The van der Waals surface area contributed by atoms with E-state index in [1.54, 1.807) is 26.0 Å². The summed E-state index contributed by atoms with van der Waals surface area (Å²) >= 11 is 0. The number of hydrogen-bond acceptors (Lipinski definition) is 4. The van der Waals surface area contributed by atoms with Crippen LogP contribution < -0.4 is 4.74 Å². The highest BCUT2D eigenvalue weighted by Crippen LogP contribution is 2.26. The van der Waals surface area contributed by atoms with E-state index in [0.29, 0.717) is 17.9 Å². The van der Waals surface area contributed by atoms with Gasteiger partial charge in [0.05, 0.1) is 12.7 Å². The Bertz CT molecular complexity index is 385. The van der Waals surface area contributed by atoms with Crippen molar-refractivity contribution in [3.8, 4) is 5.75 Å². The van der Waals surface area contributed by atoms with Crippen LogP contribution in [0.4, 0.5) is 0 Å². The summed E-state index contributed by atoms with van der Waals surface area (Å²) in [5, 5.41) is 9.57. The number of esters is 1. The van der Waals surface area contributed by atoms with Gasteiger partial charge >= 0.3 is 5.97 Å². The maximum Gasteiger partial charge on any atom is 0.344 e. The molecule has 1 atom stereocenters. The van der Waals surface area contributed by atoms with Crippen LogP contribution in [0.25, 0.3) is 0 Å². The first-order chi connectivity index (χ1) is 8.04. The van der Waals surface area contributed by atoms with Crippen molar-refractivity contribution in [2.24, 2.45) is 0 Å². The van der Waals surface area contributed by atoms with Gasteiger partial charge in [0, 0.05) is 5.56 Å². The molecule has 0 aliphatic rings. The fourth-order valence-electron chi connectivity index (χ4n) is 1.45. The van der Waals surface area contributed by atoms with Crippen LogP contribution in [0.2, 0.25) is 0 Å². The first kappa shape index (κ1) is 13.5. The number of benzene rings is 1. The second-order valence-corrected chi connectivity index (χ2v) is 3.81. The van der Waals surface area contributed by atoms with E-state index in [0.717, 1.165) is 5.56 Å². The average molecular weight is 238 g/mol. The van der Waals surface area contributed by atoms with Crippen molar-refractivity contribution in [3.63, 3.8) is 0 Å². The molecule has 0 radical (unpaired) electrons. The number of carbonyl (C=O) groups excluding carboxylic acids is 1. The Hall–Kier alpha value is -1.55. The maximum absolute atomic E-state index is 11.2. The van der Waals surface area contributed by atoms with E-state index in [-0.39, 0.29) is 6.61 Å². The fraction of sp³-hybridized carbons (Fsp3) is 0.462. The van der Waals surface area contributed by atoms with Crippen molar-refractivity contribution in [2.75, 3.05) is 13.2 Å². The van der Waals surface area contributed by atoms with E-state index >= 15 is 0 Å². The lowest BCUT2D eigenvalue weighted by atomic mass is 10.1. The smallest absolute Gasteiger partial charge is 0.344 e. The van der Waals surface area contributed by atoms with Gasteiger partial charge in [-0.2, -0.15) is 0 Å². The van der Waals surface area contributed by atoms with Crippen LogP contribution in [-0.4, -0.2) is 24.3 Å². The van der Waals surface area contributed by atoms with Gasteiger partial charge in [-0.1, -0.05) is 12.1 Å². The van der Waals surface area contributed by atoms with Crippen molar-refractivity contribution < 1.29 is 19.4 Å². The van der Waals surface area contributed by atoms with E-state index in [2.05, 4.69) is 0 Å². The third kappa shape index (κ3) is 4.07. The average Bonchev–Trinajstić information content (AvgIpc) is 2.26. The van der Waals surface area contributed by atoms with E-state index in [1.165, 1.54) is 0 Å².